The normalized spacial score (nSPS) is 42.6. The summed E-state index contributed by atoms with van der Waals surface area (Å²) >= 11 is 0. The van der Waals surface area contributed by atoms with Gasteiger partial charge in [-0.05, 0) is 32.2 Å². The monoisotopic (exact) mass is 210 g/mol. The Morgan fingerprint density at radius 1 is 1.00 bits per heavy atom. The molecule has 15 heavy (non-hydrogen) atoms. The maximum atomic E-state index is 5.36. The second kappa shape index (κ2) is 4.04. The maximum absolute atomic E-state index is 5.36. The van der Waals surface area contributed by atoms with Crippen LogP contribution in [-0.4, -0.2) is 61.3 Å². The lowest BCUT2D eigenvalue weighted by Gasteiger charge is -2.47. The molecule has 2 heterocycles. The van der Waals surface area contributed by atoms with Gasteiger partial charge in [-0.2, -0.15) is 0 Å². The number of fused-ring (bicyclic) bond motifs is 1. The van der Waals surface area contributed by atoms with Gasteiger partial charge in [0, 0.05) is 38.8 Å². The minimum atomic E-state index is 0.552. The molecule has 1 atom stereocenters. The van der Waals surface area contributed by atoms with Crippen molar-refractivity contribution in [1.29, 1.82) is 0 Å². The van der Waals surface area contributed by atoms with Gasteiger partial charge in [-0.15, -0.1) is 0 Å². The Morgan fingerprint density at radius 3 is 2.60 bits per heavy atom. The van der Waals surface area contributed by atoms with Crippen LogP contribution in [-0.2, 0) is 4.74 Å². The largest absolute Gasteiger partial charge is 0.381 e. The Morgan fingerprint density at radius 2 is 1.80 bits per heavy atom. The average molecular weight is 210 g/mol. The molecule has 86 valence electrons. The van der Waals surface area contributed by atoms with E-state index in [9.17, 15) is 0 Å². The Labute approximate surface area is 92.4 Å². The van der Waals surface area contributed by atoms with Crippen LogP contribution < -0.4 is 0 Å². The van der Waals surface area contributed by atoms with Gasteiger partial charge in [0.25, 0.3) is 0 Å². The summed E-state index contributed by atoms with van der Waals surface area (Å²) in [4.78, 5) is 5.39. The number of rotatable bonds is 2. The fourth-order valence-corrected chi connectivity index (χ4v) is 3.38. The highest BCUT2D eigenvalue weighted by molar-refractivity contribution is 4.94. The molecule has 3 aliphatic rings. The van der Waals surface area contributed by atoms with Gasteiger partial charge in [-0.3, -0.25) is 9.80 Å². The van der Waals surface area contributed by atoms with Crippen LogP contribution in [0.15, 0.2) is 0 Å². The molecule has 1 saturated carbocycles. The van der Waals surface area contributed by atoms with Crippen LogP contribution in [0, 0.1) is 0 Å². The predicted molar refractivity (Wildman–Crippen MR) is 60.0 cm³/mol. The van der Waals surface area contributed by atoms with E-state index in [2.05, 4.69) is 9.80 Å². The number of hydrogen-bond acceptors (Lipinski definition) is 3. The standard InChI is InChI=1S/C12H22N2O/c1-15-12-7-11(8-12)14-6-5-13-4-2-3-10(13)9-14/h10-12H,2-9H2,1H3. The van der Waals surface area contributed by atoms with E-state index in [0.717, 1.165) is 12.1 Å². The zero-order chi connectivity index (χ0) is 10.3. The van der Waals surface area contributed by atoms with Gasteiger partial charge in [-0.25, -0.2) is 0 Å². The number of hydrogen-bond donors (Lipinski definition) is 0. The van der Waals surface area contributed by atoms with Crippen LogP contribution in [0.4, 0.5) is 0 Å². The van der Waals surface area contributed by atoms with Crippen LogP contribution in [0.1, 0.15) is 25.7 Å². The summed E-state index contributed by atoms with van der Waals surface area (Å²) in [6.07, 6.45) is 5.93. The fraction of sp³-hybridized carbons (Fsp3) is 1.00. The van der Waals surface area contributed by atoms with Gasteiger partial charge in [0.15, 0.2) is 0 Å². The van der Waals surface area contributed by atoms with Crippen LogP contribution in [0.25, 0.3) is 0 Å². The highest BCUT2D eigenvalue weighted by Crippen LogP contribution is 2.31. The molecular weight excluding hydrogens is 188 g/mol. The Kier molecular flexibility index (Phi) is 2.71. The fourth-order valence-electron chi connectivity index (χ4n) is 3.38. The van der Waals surface area contributed by atoms with Crippen LogP contribution in [0.5, 0.6) is 0 Å². The number of ether oxygens (including phenoxy) is 1. The molecule has 0 bridgehead atoms. The maximum Gasteiger partial charge on any atom is 0.0601 e. The summed E-state index contributed by atoms with van der Waals surface area (Å²) in [5.74, 6) is 0. The van der Waals surface area contributed by atoms with E-state index in [4.69, 9.17) is 4.74 Å². The predicted octanol–water partition coefficient (Wildman–Crippen LogP) is 0.944. The molecule has 3 heteroatoms. The first-order valence-corrected chi connectivity index (χ1v) is 6.37. The Balaban J connectivity index is 1.52. The van der Waals surface area contributed by atoms with Crippen molar-refractivity contribution in [2.45, 2.75) is 43.9 Å². The third-order valence-electron chi connectivity index (χ3n) is 4.54. The second-order valence-electron chi connectivity index (χ2n) is 5.31. The first kappa shape index (κ1) is 10.1. The van der Waals surface area contributed by atoms with Crippen molar-refractivity contribution in [2.75, 3.05) is 33.3 Å². The lowest BCUT2D eigenvalue weighted by atomic mass is 9.87. The minimum Gasteiger partial charge on any atom is -0.381 e. The van der Waals surface area contributed by atoms with Gasteiger partial charge in [-0.1, -0.05) is 0 Å². The average Bonchev–Trinajstić information content (AvgIpc) is 2.63. The zero-order valence-electron chi connectivity index (χ0n) is 9.69. The molecular formula is C12H22N2O. The zero-order valence-corrected chi connectivity index (χ0v) is 9.69. The molecule has 2 aliphatic heterocycles. The molecule has 0 aromatic rings. The summed E-state index contributed by atoms with van der Waals surface area (Å²) < 4.78 is 5.36. The lowest BCUT2D eigenvalue weighted by Crippen LogP contribution is -2.57. The number of methoxy groups -OCH3 is 1. The summed E-state index contributed by atoms with van der Waals surface area (Å²) in [6, 6.07) is 1.71. The third-order valence-corrected chi connectivity index (χ3v) is 4.54. The first-order valence-electron chi connectivity index (χ1n) is 6.37. The smallest absolute Gasteiger partial charge is 0.0601 e. The molecule has 0 amide bonds. The SMILES string of the molecule is COC1CC(N2CCN3CCCC3C2)C1. The van der Waals surface area contributed by atoms with Gasteiger partial charge in [0.05, 0.1) is 6.10 Å². The van der Waals surface area contributed by atoms with Gasteiger partial charge < -0.3 is 4.74 Å². The quantitative estimate of drug-likeness (QED) is 0.675. The van der Waals surface area contributed by atoms with Crippen LogP contribution in [0.3, 0.4) is 0 Å². The molecule has 0 radical (unpaired) electrons. The Bertz CT molecular complexity index is 228. The highest BCUT2D eigenvalue weighted by atomic mass is 16.5. The lowest BCUT2D eigenvalue weighted by molar-refractivity contribution is -0.0462. The molecule has 3 nitrogen and oxygen atoms in total. The van der Waals surface area contributed by atoms with E-state index in [1.165, 1.54) is 51.9 Å². The number of piperazine rings is 1. The topological polar surface area (TPSA) is 15.7 Å². The molecule has 1 aliphatic carbocycles. The van der Waals surface area contributed by atoms with Crippen molar-refractivity contribution >= 4 is 0 Å². The molecule has 3 rings (SSSR count). The third kappa shape index (κ3) is 1.81. The van der Waals surface area contributed by atoms with Crippen molar-refractivity contribution in [3.8, 4) is 0 Å². The summed E-state index contributed by atoms with van der Waals surface area (Å²) in [7, 11) is 1.84. The van der Waals surface area contributed by atoms with Gasteiger partial charge in [0.1, 0.15) is 0 Å². The van der Waals surface area contributed by atoms with E-state index in [0.29, 0.717) is 6.10 Å². The molecule has 0 aromatic carbocycles. The van der Waals surface area contributed by atoms with E-state index < -0.39 is 0 Å². The van der Waals surface area contributed by atoms with Crippen molar-refractivity contribution in [3.63, 3.8) is 0 Å². The molecule has 0 aromatic heterocycles. The summed E-state index contributed by atoms with van der Waals surface area (Å²) in [5.41, 5.74) is 0. The van der Waals surface area contributed by atoms with Crippen LogP contribution >= 0.6 is 0 Å². The molecule has 0 N–H and O–H groups in total. The van der Waals surface area contributed by atoms with Crippen molar-refractivity contribution < 1.29 is 4.74 Å². The molecule has 3 fully saturated rings. The van der Waals surface area contributed by atoms with Gasteiger partial charge >= 0.3 is 0 Å². The van der Waals surface area contributed by atoms with E-state index in [-0.39, 0.29) is 0 Å². The summed E-state index contributed by atoms with van der Waals surface area (Å²) in [6.45, 7) is 5.27. The van der Waals surface area contributed by atoms with E-state index in [1.54, 1.807) is 0 Å². The van der Waals surface area contributed by atoms with Crippen molar-refractivity contribution in [1.82, 2.24) is 9.80 Å². The van der Waals surface area contributed by atoms with Crippen molar-refractivity contribution in [3.05, 3.63) is 0 Å². The molecule has 2 saturated heterocycles. The molecule has 1 unspecified atom stereocenters. The number of nitrogens with zero attached hydrogens (tertiary/aromatic N) is 2. The molecule has 0 spiro atoms. The Hall–Kier alpha value is -0.120. The second-order valence-corrected chi connectivity index (χ2v) is 5.31. The summed E-state index contributed by atoms with van der Waals surface area (Å²) in [5, 5.41) is 0. The first-order chi connectivity index (χ1) is 7.36. The highest BCUT2D eigenvalue weighted by Gasteiger charge is 2.38. The van der Waals surface area contributed by atoms with Gasteiger partial charge in [0.2, 0.25) is 0 Å². The minimum absolute atomic E-state index is 0.552. The van der Waals surface area contributed by atoms with E-state index in [1.807, 2.05) is 7.11 Å². The van der Waals surface area contributed by atoms with E-state index >= 15 is 0 Å². The van der Waals surface area contributed by atoms with Crippen molar-refractivity contribution in [2.24, 2.45) is 0 Å². The van der Waals surface area contributed by atoms with Crippen LogP contribution in [0.2, 0.25) is 0 Å².